The molecule has 1 aromatic carbocycles. The number of rotatable bonds is 9. The number of halogens is 1. The molecule has 1 rings (SSSR count). The zero-order valence-corrected chi connectivity index (χ0v) is 10.1. The Kier molecular flexibility index (Phi) is 6.64. The van der Waals surface area contributed by atoms with E-state index in [1.165, 1.54) is 12.1 Å². The average Bonchev–Trinajstić information content (AvgIpc) is 2.39. The van der Waals surface area contributed by atoms with Gasteiger partial charge in [0.15, 0.2) is 0 Å². The van der Waals surface area contributed by atoms with Gasteiger partial charge in [0, 0.05) is 6.54 Å². The van der Waals surface area contributed by atoms with Crippen LogP contribution in [0.4, 0.5) is 4.39 Å². The van der Waals surface area contributed by atoms with Crippen LogP contribution in [0.5, 0.6) is 0 Å². The van der Waals surface area contributed by atoms with Gasteiger partial charge in [-0.3, -0.25) is 4.79 Å². The van der Waals surface area contributed by atoms with Crippen molar-refractivity contribution in [2.45, 2.75) is 18.9 Å². The molecule has 1 atom stereocenters. The van der Waals surface area contributed by atoms with Crippen LogP contribution in [0, 0.1) is 5.82 Å². The van der Waals surface area contributed by atoms with Crippen LogP contribution < -0.4 is 10.6 Å². The van der Waals surface area contributed by atoms with Crippen molar-refractivity contribution >= 4 is 12.7 Å². The van der Waals surface area contributed by atoms with E-state index < -0.39 is 0 Å². The number of carbonyl (C=O) groups excluding carboxylic acids is 2. The number of benzene rings is 1. The summed E-state index contributed by atoms with van der Waals surface area (Å²) in [5, 5.41) is 5.62. The summed E-state index contributed by atoms with van der Waals surface area (Å²) >= 11 is 0. The highest BCUT2D eigenvalue weighted by molar-refractivity contribution is 5.58. The van der Waals surface area contributed by atoms with E-state index in [1.54, 1.807) is 12.1 Å². The van der Waals surface area contributed by atoms with Gasteiger partial charge in [-0.15, -0.1) is 0 Å². The number of hydrogen-bond donors (Lipinski definition) is 2. The van der Waals surface area contributed by atoms with Crippen LogP contribution in [0.15, 0.2) is 24.3 Å². The predicted octanol–water partition coefficient (Wildman–Crippen LogP) is 0.661. The fourth-order valence-corrected chi connectivity index (χ4v) is 1.58. The molecule has 0 aliphatic rings. The SMILES string of the molecule is O=CNCCCNC(C=O)Cc1ccc(F)cc1. The van der Waals surface area contributed by atoms with E-state index in [-0.39, 0.29) is 11.9 Å². The first-order valence-corrected chi connectivity index (χ1v) is 5.86. The molecule has 0 radical (unpaired) electrons. The van der Waals surface area contributed by atoms with Gasteiger partial charge < -0.3 is 15.4 Å². The van der Waals surface area contributed by atoms with Gasteiger partial charge in [0.1, 0.15) is 12.1 Å². The second-order valence-electron chi connectivity index (χ2n) is 3.95. The Labute approximate surface area is 106 Å². The largest absolute Gasteiger partial charge is 0.359 e. The van der Waals surface area contributed by atoms with Crippen molar-refractivity contribution in [2.75, 3.05) is 13.1 Å². The lowest BCUT2D eigenvalue weighted by molar-refractivity contribution is -0.110. The lowest BCUT2D eigenvalue weighted by atomic mass is 10.1. The monoisotopic (exact) mass is 252 g/mol. The van der Waals surface area contributed by atoms with Crippen LogP contribution in [0.25, 0.3) is 0 Å². The van der Waals surface area contributed by atoms with E-state index in [9.17, 15) is 14.0 Å². The van der Waals surface area contributed by atoms with Gasteiger partial charge in [-0.1, -0.05) is 12.1 Å². The van der Waals surface area contributed by atoms with Gasteiger partial charge in [0.2, 0.25) is 6.41 Å². The molecule has 1 unspecified atom stereocenters. The lowest BCUT2D eigenvalue weighted by Gasteiger charge is -2.12. The summed E-state index contributed by atoms with van der Waals surface area (Å²) < 4.78 is 12.7. The van der Waals surface area contributed by atoms with Gasteiger partial charge in [-0.05, 0) is 37.1 Å². The zero-order valence-electron chi connectivity index (χ0n) is 10.1. The maximum atomic E-state index is 12.7. The maximum Gasteiger partial charge on any atom is 0.207 e. The van der Waals surface area contributed by atoms with Crippen LogP contribution in [-0.2, 0) is 16.0 Å². The molecule has 2 N–H and O–H groups in total. The highest BCUT2D eigenvalue weighted by Crippen LogP contribution is 2.05. The van der Waals surface area contributed by atoms with E-state index >= 15 is 0 Å². The van der Waals surface area contributed by atoms with Crippen LogP contribution in [0.2, 0.25) is 0 Å². The van der Waals surface area contributed by atoms with Crippen molar-refractivity contribution in [1.29, 1.82) is 0 Å². The summed E-state index contributed by atoms with van der Waals surface area (Å²) in [6.07, 6.45) is 2.78. The van der Waals surface area contributed by atoms with E-state index in [0.717, 1.165) is 18.3 Å². The number of amides is 1. The van der Waals surface area contributed by atoms with E-state index in [0.29, 0.717) is 25.9 Å². The van der Waals surface area contributed by atoms with Crippen molar-refractivity contribution < 1.29 is 14.0 Å². The molecule has 4 nitrogen and oxygen atoms in total. The Morgan fingerprint density at radius 3 is 2.50 bits per heavy atom. The average molecular weight is 252 g/mol. The van der Waals surface area contributed by atoms with Crippen molar-refractivity contribution in [3.63, 3.8) is 0 Å². The predicted molar refractivity (Wildman–Crippen MR) is 66.6 cm³/mol. The molecule has 0 aliphatic heterocycles. The Balaban J connectivity index is 2.30. The van der Waals surface area contributed by atoms with Crippen LogP contribution in [0.1, 0.15) is 12.0 Å². The summed E-state index contributed by atoms with van der Waals surface area (Å²) in [6.45, 7) is 1.23. The summed E-state index contributed by atoms with van der Waals surface area (Å²) in [6, 6.07) is 5.81. The molecule has 0 spiro atoms. The zero-order chi connectivity index (χ0) is 13.2. The molecular formula is C13H17FN2O2. The Hall–Kier alpha value is -1.75. The van der Waals surface area contributed by atoms with Crippen molar-refractivity contribution in [3.05, 3.63) is 35.6 Å². The number of hydrogen-bond acceptors (Lipinski definition) is 3. The first-order valence-electron chi connectivity index (χ1n) is 5.86. The van der Waals surface area contributed by atoms with Crippen LogP contribution in [-0.4, -0.2) is 31.8 Å². The summed E-state index contributed by atoms with van der Waals surface area (Å²) in [7, 11) is 0. The van der Waals surface area contributed by atoms with Crippen LogP contribution in [0.3, 0.4) is 0 Å². The standard InChI is InChI=1S/C13H17FN2O2/c14-12-4-2-11(3-5-12)8-13(9-17)16-7-1-6-15-10-18/h2-5,9-10,13,16H,1,6-8H2,(H,15,18). The van der Waals surface area contributed by atoms with Gasteiger partial charge >= 0.3 is 0 Å². The number of carbonyl (C=O) groups is 2. The third kappa shape index (κ3) is 5.54. The number of aldehydes is 1. The first-order chi connectivity index (χ1) is 8.76. The molecular weight excluding hydrogens is 235 g/mol. The lowest BCUT2D eigenvalue weighted by Crippen LogP contribution is -2.34. The van der Waals surface area contributed by atoms with Crippen molar-refractivity contribution in [2.24, 2.45) is 0 Å². The molecule has 0 saturated carbocycles. The Morgan fingerprint density at radius 2 is 1.89 bits per heavy atom. The fourth-order valence-electron chi connectivity index (χ4n) is 1.58. The quantitative estimate of drug-likeness (QED) is 0.501. The van der Waals surface area contributed by atoms with Crippen molar-refractivity contribution in [3.8, 4) is 0 Å². The third-order valence-corrected chi connectivity index (χ3v) is 2.52. The number of nitrogens with one attached hydrogen (secondary N) is 2. The Bertz CT molecular complexity index is 368. The van der Waals surface area contributed by atoms with Gasteiger partial charge in [-0.25, -0.2) is 4.39 Å². The third-order valence-electron chi connectivity index (χ3n) is 2.52. The van der Waals surface area contributed by atoms with E-state index in [4.69, 9.17) is 0 Å². The molecule has 0 heterocycles. The minimum atomic E-state index is -0.285. The molecule has 0 aliphatic carbocycles. The summed E-state index contributed by atoms with van der Waals surface area (Å²) in [4.78, 5) is 20.9. The molecule has 0 aromatic heterocycles. The molecule has 0 saturated heterocycles. The summed E-state index contributed by atoms with van der Waals surface area (Å²) in [5.74, 6) is -0.283. The molecule has 98 valence electrons. The molecule has 18 heavy (non-hydrogen) atoms. The van der Waals surface area contributed by atoms with Gasteiger partial charge in [0.05, 0.1) is 6.04 Å². The highest BCUT2D eigenvalue weighted by atomic mass is 19.1. The summed E-state index contributed by atoms with van der Waals surface area (Å²) in [5.41, 5.74) is 0.909. The van der Waals surface area contributed by atoms with Crippen molar-refractivity contribution in [1.82, 2.24) is 10.6 Å². The minimum Gasteiger partial charge on any atom is -0.359 e. The first kappa shape index (κ1) is 14.3. The molecule has 1 amide bonds. The maximum absolute atomic E-state index is 12.7. The van der Waals surface area contributed by atoms with Crippen LogP contribution >= 0.6 is 0 Å². The second-order valence-corrected chi connectivity index (χ2v) is 3.95. The van der Waals surface area contributed by atoms with Gasteiger partial charge in [0.25, 0.3) is 0 Å². The topological polar surface area (TPSA) is 58.2 Å². The molecule has 5 heteroatoms. The fraction of sp³-hybridized carbons (Fsp3) is 0.385. The smallest absolute Gasteiger partial charge is 0.207 e. The molecule has 0 fully saturated rings. The van der Waals surface area contributed by atoms with E-state index in [1.807, 2.05) is 0 Å². The molecule has 0 bridgehead atoms. The minimum absolute atomic E-state index is 0.283. The highest BCUT2D eigenvalue weighted by Gasteiger charge is 2.07. The normalized spacial score (nSPS) is 11.8. The second kappa shape index (κ2) is 8.36. The van der Waals surface area contributed by atoms with E-state index in [2.05, 4.69) is 10.6 Å². The molecule has 1 aromatic rings. The van der Waals surface area contributed by atoms with Gasteiger partial charge in [-0.2, -0.15) is 0 Å². The Morgan fingerprint density at radius 1 is 1.17 bits per heavy atom.